The number of H-pyrrole nitrogens is 1. The number of nitrogens with zero attached hydrogens (tertiary/aromatic N) is 1. The first-order valence-electron chi connectivity index (χ1n) is 8.23. The lowest BCUT2D eigenvalue weighted by atomic mass is 10.1. The minimum Gasteiger partial charge on any atom is -0.492 e. The molecule has 0 fully saturated rings. The highest BCUT2D eigenvalue weighted by Gasteiger charge is 2.14. The predicted molar refractivity (Wildman–Crippen MR) is 97.2 cm³/mol. The van der Waals surface area contributed by atoms with Gasteiger partial charge in [0.15, 0.2) is 0 Å². The third-order valence-corrected chi connectivity index (χ3v) is 5.29. The number of sulfonamides is 1. The first-order valence-corrected chi connectivity index (χ1v) is 9.71. The summed E-state index contributed by atoms with van der Waals surface area (Å²) >= 11 is 0. The largest absolute Gasteiger partial charge is 0.492 e. The summed E-state index contributed by atoms with van der Waals surface area (Å²) in [4.78, 5) is 7.19. The summed E-state index contributed by atoms with van der Waals surface area (Å²) in [5.74, 6) is 0.734. The lowest BCUT2D eigenvalue weighted by molar-refractivity contribution is 0.322. The predicted octanol–water partition coefficient (Wildman–Crippen LogP) is 2.87. The van der Waals surface area contributed by atoms with Crippen molar-refractivity contribution < 1.29 is 13.2 Å². The normalized spacial score (nSPS) is 11.7. The van der Waals surface area contributed by atoms with E-state index in [1.165, 1.54) is 11.9 Å². The number of hydrogen-bond acceptors (Lipinski definition) is 4. The number of fused-ring (bicyclic) bond motifs is 1. The fraction of sp³-hybridized carbons (Fsp3) is 0.278. The van der Waals surface area contributed by atoms with Gasteiger partial charge in [-0.05, 0) is 42.3 Å². The first-order chi connectivity index (χ1) is 12.1. The Morgan fingerprint density at radius 3 is 2.72 bits per heavy atom. The number of rotatable bonds is 8. The van der Waals surface area contributed by atoms with E-state index in [9.17, 15) is 8.42 Å². The molecule has 3 rings (SSSR count). The average molecular weight is 359 g/mol. The fourth-order valence-electron chi connectivity index (χ4n) is 2.55. The van der Waals surface area contributed by atoms with E-state index < -0.39 is 10.0 Å². The van der Waals surface area contributed by atoms with Gasteiger partial charge in [0.1, 0.15) is 12.4 Å². The molecule has 2 aromatic carbocycles. The highest BCUT2D eigenvalue weighted by atomic mass is 32.2. The SMILES string of the molecule is CCCc1ccc(OCCNS(=O)(=O)c2ccc3nc[nH]c3c2)cc1. The molecule has 0 spiro atoms. The summed E-state index contributed by atoms with van der Waals surface area (Å²) in [5, 5.41) is 0. The Kier molecular flexibility index (Phi) is 5.35. The number of ether oxygens (including phenoxy) is 1. The van der Waals surface area contributed by atoms with Crippen LogP contribution in [0.5, 0.6) is 5.75 Å². The van der Waals surface area contributed by atoms with Crippen molar-refractivity contribution in [3.63, 3.8) is 0 Å². The molecule has 7 heteroatoms. The number of nitrogens with one attached hydrogen (secondary N) is 2. The monoisotopic (exact) mass is 359 g/mol. The highest BCUT2D eigenvalue weighted by molar-refractivity contribution is 7.89. The minimum absolute atomic E-state index is 0.195. The first kappa shape index (κ1) is 17.4. The molecule has 0 aliphatic heterocycles. The molecule has 1 heterocycles. The van der Waals surface area contributed by atoms with Crippen molar-refractivity contribution in [3.8, 4) is 5.75 Å². The van der Waals surface area contributed by atoms with E-state index in [2.05, 4.69) is 21.6 Å². The van der Waals surface area contributed by atoms with Gasteiger partial charge >= 0.3 is 0 Å². The smallest absolute Gasteiger partial charge is 0.240 e. The van der Waals surface area contributed by atoms with Gasteiger partial charge in [0.25, 0.3) is 0 Å². The second-order valence-corrected chi connectivity index (χ2v) is 7.49. The summed E-state index contributed by atoms with van der Waals surface area (Å²) < 4.78 is 32.8. The average Bonchev–Trinajstić information content (AvgIpc) is 3.08. The molecule has 0 saturated carbocycles. The molecule has 25 heavy (non-hydrogen) atoms. The van der Waals surface area contributed by atoms with Crippen molar-refractivity contribution in [2.24, 2.45) is 0 Å². The van der Waals surface area contributed by atoms with Crippen LogP contribution in [0, 0.1) is 0 Å². The van der Waals surface area contributed by atoms with E-state index in [1.54, 1.807) is 18.2 Å². The van der Waals surface area contributed by atoms with Crippen LogP contribution in [0.2, 0.25) is 0 Å². The zero-order valence-electron chi connectivity index (χ0n) is 14.0. The second-order valence-electron chi connectivity index (χ2n) is 5.72. The lowest BCUT2D eigenvalue weighted by Crippen LogP contribution is -2.28. The van der Waals surface area contributed by atoms with Crippen molar-refractivity contribution in [2.45, 2.75) is 24.7 Å². The summed E-state index contributed by atoms with van der Waals surface area (Å²) in [7, 11) is -3.58. The number of aryl methyl sites for hydroxylation is 1. The Hall–Kier alpha value is -2.38. The molecule has 0 aliphatic rings. The van der Waals surface area contributed by atoms with E-state index in [0.29, 0.717) is 5.52 Å². The Labute approximate surface area is 147 Å². The van der Waals surface area contributed by atoms with Crippen molar-refractivity contribution in [3.05, 3.63) is 54.4 Å². The number of aromatic nitrogens is 2. The van der Waals surface area contributed by atoms with Crippen LogP contribution in [0.15, 0.2) is 53.7 Å². The number of hydrogen-bond donors (Lipinski definition) is 2. The third kappa shape index (κ3) is 4.37. The molecule has 0 amide bonds. The van der Waals surface area contributed by atoms with Gasteiger partial charge in [-0.15, -0.1) is 0 Å². The highest BCUT2D eigenvalue weighted by Crippen LogP contribution is 2.16. The second kappa shape index (κ2) is 7.67. The third-order valence-electron chi connectivity index (χ3n) is 3.83. The quantitative estimate of drug-likeness (QED) is 0.606. The number of benzene rings is 2. The molecule has 0 atom stereocenters. The lowest BCUT2D eigenvalue weighted by Gasteiger charge is -2.09. The summed E-state index contributed by atoms with van der Waals surface area (Å²) in [5.41, 5.74) is 2.69. The van der Waals surface area contributed by atoms with Gasteiger partial charge in [0.05, 0.1) is 22.3 Å². The van der Waals surface area contributed by atoms with Crippen molar-refractivity contribution in [1.82, 2.24) is 14.7 Å². The number of imidazole rings is 1. The van der Waals surface area contributed by atoms with Gasteiger partial charge in [-0.3, -0.25) is 0 Å². The molecule has 132 valence electrons. The maximum absolute atomic E-state index is 12.3. The summed E-state index contributed by atoms with van der Waals surface area (Å²) in [6, 6.07) is 12.7. The summed E-state index contributed by atoms with van der Waals surface area (Å²) in [6.45, 7) is 2.60. The van der Waals surface area contributed by atoms with E-state index >= 15 is 0 Å². The van der Waals surface area contributed by atoms with Crippen LogP contribution in [0.4, 0.5) is 0 Å². The maximum atomic E-state index is 12.3. The summed E-state index contributed by atoms with van der Waals surface area (Å²) in [6.07, 6.45) is 3.68. The molecule has 3 aromatic rings. The standard InChI is InChI=1S/C18H21N3O3S/c1-2-3-14-4-6-15(7-5-14)24-11-10-21-25(22,23)16-8-9-17-18(12-16)20-13-19-17/h4-9,12-13,21H,2-3,10-11H2,1H3,(H,19,20). The Balaban J connectivity index is 1.53. The van der Waals surface area contributed by atoms with Gasteiger partial charge in [-0.1, -0.05) is 25.5 Å². The van der Waals surface area contributed by atoms with Crippen LogP contribution < -0.4 is 9.46 Å². The van der Waals surface area contributed by atoms with Gasteiger partial charge in [-0.2, -0.15) is 0 Å². The van der Waals surface area contributed by atoms with E-state index in [-0.39, 0.29) is 18.0 Å². The molecule has 2 N–H and O–H groups in total. The van der Waals surface area contributed by atoms with Crippen LogP contribution in [0.25, 0.3) is 11.0 Å². The van der Waals surface area contributed by atoms with E-state index in [4.69, 9.17) is 4.74 Å². The van der Waals surface area contributed by atoms with Crippen molar-refractivity contribution in [1.29, 1.82) is 0 Å². The zero-order chi connectivity index (χ0) is 17.7. The molecule has 0 radical (unpaired) electrons. The van der Waals surface area contributed by atoms with Gasteiger partial charge in [0, 0.05) is 6.54 Å². The van der Waals surface area contributed by atoms with Crippen molar-refractivity contribution in [2.75, 3.05) is 13.2 Å². The number of aromatic amines is 1. The van der Waals surface area contributed by atoms with Crippen LogP contribution in [-0.4, -0.2) is 31.5 Å². The minimum atomic E-state index is -3.58. The Morgan fingerprint density at radius 1 is 1.16 bits per heavy atom. The maximum Gasteiger partial charge on any atom is 0.240 e. The molecule has 0 bridgehead atoms. The van der Waals surface area contributed by atoms with Gasteiger partial charge < -0.3 is 9.72 Å². The Bertz CT molecular complexity index is 934. The Morgan fingerprint density at radius 2 is 1.96 bits per heavy atom. The van der Waals surface area contributed by atoms with Gasteiger partial charge in [0.2, 0.25) is 10.0 Å². The molecular weight excluding hydrogens is 338 g/mol. The van der Waals surface area contributed by atoms with E-state index in [0.717, 1.165) is 24.1 Å². The molecule has 0 unspecified atom stereocenters. The molecule has 0 aliphatic carbocycles. The molecule has 1 aromatic heterocycles. The zero-order valence-corrected chi connectivity index (χ0v) is 14.8. The van der Waals surface area contributed by atoms with Crippen LogP contribution in [0.1, 0.15) is 18.9 Å². The van der Waals surface area contributed by atoms with E-state index in [1.807, 2.05) is 24.3 Å². The molecular formula is C18H21N3O3S. The van der Waals surface area contributed by atoms with Crippen LogP contribution in [-0.2, 0) is 16.4 Å². The molecule has 0 saturated heterocycles. The molecule has 6 nitrogen and oxygen atoms in total. The van der Waals surface area contributed by atoms with Crippen LogP contribution in [0.3, 0.4) is 0 Å². The van der Waals surface area contributed by atoms with Crippen LogP contribution >= 0.6 is 0 Å². The topological polar surface area (TPSA) is 84.1 Å². The van der Waals surface area contributed by atoms with Crippen molar-refractivity contribution >= 4 is 21.1 Å². The fourth-order valence-corrected chi connectivity index (χ4v) is 3.59. The van der Waals surface area contributed by atoms with Gasteiger partial charge in [-0.25, -0.2) is 18.1 Å².